The molecule has 0 aliphatic carbocycles. The molecule has 0 radical (unpaired) electrons. The predicted octanol–water partition coefficient (Wildman–Crippen LogP) is -0.0923. The monoisotopic (exact) mass is 207 g/mol. The van der Waals surface area contributed by atoms with Crippen LogP contribution in [-0.4, -0.2) is 41.4 Å². The van der Waals surface area contributed by atoms with E-state index in [2.05, 4.69) is 5.32 Å². The molecule has 0 heterocycles. The molecule has 13 heavy (non-hydrogen) atoms. The molecule has 0 bridgehead atoms. The lowest BCUT2D eigenvalue weighted by molar-refractivity contribution is -0.141. The maximum absolute atomic E-state index is 10.9. The third-order valence-corrected chi connectivity index (χ3v) is 2.71. The smallest absolute Gasteiger partial charge is 0.319 e. The molecule has 0 aromatic rings. The second kappa shape index (κ2) is 8.19. The van der Waals surface area contributed by atoms with Crippen LogP contribution in [0.5, 0.6) is 0 Å². The van der Waals surface area contributed by atoms with Crippen molar-refractivity contribution in [1.29, 1.82) is 0 Å². The van der Waals surface area contributed by atoms with Crippen molar-refractivity contribution in [3.8, 4) is 0 Å². The van der Waals surface area contributed by atoms with Crippen LogP contribution in [0.1, 0.15) is 13.8 Å². The number of hydrogen-bond donors (Lipinski definition) is 1. The Hall–Kier alpha value is -0.420. The number of carbonyl (C=O) groups is 1. The van der Waals surface area contributed by atoms with Gasteiger partial charge < -0.3 is 10.1 Å². The number of esters is 1. The van der Waals surface area contributed by atoms with Gasteiger partial charge in [-0.05, 0) is 6.92 Å². The van der Waals surface area contributed by atoms with E-state index in [0.29, 0.717) is 24.7 Å². The van der Waals surface area contributed by atoms with Gasteiger partial charge in [-0.2, -0.15) is 0 Å². The molecule has 0 aromatic carbocycles. The zero-order valence-electron chi connectivity index (χ0n) is 8.17. The van der Waals surface area contributed by atoms with Crippen molar-refractivity contribution in [2.45, 2.75) is 13.8 Å². The van der Waals surface area contributed by atoms with Gasteiger partial charge in [-0.3, -0.25) is 9.00 Å². The topological polar surface area (TPSA) is 55.4 Å². The predicted molar refractivity (Wildman–Crippen MR) is 53.1 cm³/mol. The Balaban J connectivity index is 3.25. The zero-order chi connectivity index (χ0) is 10.1. The fourth-order valence-corrected chi connectivity index (χ4v) is 1.39. The van der Waals surface area contributed by atoms with Gasteiger partial charge in [0.1, 0.15) is 0 Å². The average Bonchev–Trinajstić information content (AvgIpc) is 2.12. The van der Waals surface area contributed by atoms with Crippen LogP contribution in [0, 0.1) is 0 Å². The molecule has 0 aliphatic rings. The van der Waals surface area contributed by atoms with Gasteiger partial charge in [0.2, 0.25) is 0 Å². The van der Waals surface area contributed by atoms with Gasteiger partial charge in [0.15, 0.2) is 0 Å². The average molecular weight is 207 g/mol. The highest BCUT2D eigenvalue weighted by molar-refractivity contribution is 7.84. The standard InChI is InChI=1S/C8H17NO3S/c1-3-12-8(10)7-9-5-6-13(11)4-2/h9H,3-7H2,1-2H3. The Morgan fingerprint density at radius 2 is 2.15 bits per heavy atom. The molecule has 0 amide bonds. The summed E-state index contributed by atoms with van der Waals surface area (Å²) < 4.78 is 15.6. The number of carbonyl (C=O) groups excluding carboxylic acids is 1. The van der Waals surface area contributed by atoms with Gasteiger partial charge in [-0.25, -0.2) is 0 Å². The first kappa shape index (κ1) is 12.6. The Morgan fingerprint density at radius 3 is 2.69 bits per heavy atom. The molecule has 5 heteroatoms. The molecule has 1 atom stereocenters. The van der Waals surface area contributed by atoms with E-state index in [1.165, 1.54) is 0 Å². The SMILES string of the molecule is CCOC(=O)CNCCS(=O)CC. The lowest BCUT2D eigenvalue weighted by Gasteiger charge is -2.03. The molecule has 1 unspecified atom stereocenters. The molecule has 0 saturated heterocycles. The molecule has 1 N–H and O–H groups in total. The third kappa shape index (κ3) is 7.93. The van der Waals surface area contributed by atoms with Crippen LogP contribution < -0.4 is 5.32 Å². The summed E-state index contributed by atoms with van der Waals surface area (Å²) in [5, 5.41) is 2.87. The first-order chi connectivity index (χ1) is 6.20. The summed E-state index contributed by atoms with van der Waals surface area (Å²) in [6.45, 7) is 4.85. The number of rotatable bonds is 7. The molecule has 4 nitrogen and oxygen atoms in total. The van der Waals surface area contributed by atoms with Crippen LogP contribution in [0.15, 0.2) is 0 Å². The normalized spacial score (nSPS) is 12.5. The Labute approximate surface area is 81.5 Å². The van der Waals surface area contributed by atoms with E-state index < -0.39 is 10.8 Å². The maximum atomic E-state index is 10.9. The van der Waals surface area contributed by atoms with Crippen molar-refractivity contribution in [3.05, 3.63) is 0 Å². The molecule has 78 valence electrons. The van der Waals surface area contributed by atoms with Crippen LogP contribution in [0.3, 0.4) is 0 Å². The summed E-state index contributed by atoms with van der Waals surface area (Å²) in [4.78, 5) is 10.8. The summed E-state index contributed by atoms with van der Waals surface area (Å²) in [5.74, 6) is 1.00. The van der Waals surface area contributed by atoms with E-state index in [0.717, 1.165) is 0 Å². The van der Waals surface area contributed by atoms with Gasteiger partial charge in [0.05, 0.1) is 13.2 Å². The van der Waals surface area contributed by atoms with Crippen molar-refractivity contribution in [2.24, 2.45) is 0 Å². The lowest BCUT2D eigenvalue weighted by atomic mass is 10.6. The molecule has 0 aromatic heterocycles. The minimum Gasteiger partial charge on any atom is -0.465 e. The molecular formula is C8H17NO3S. The molecule has 0 rings (SSSR count). The first-order valence-electron chi connectivity index (χ1n) is 4.42. The lowest BCUT2D eigenvalue weighted by Crippen LogP contribution is -2.28. The van der Waals surface area contributed by atoms with Crippen molar-refractivity contribution in [2.75, 3.05) is 31.2 Å². The van der Waals surface area contributed by atoms with Gasteiger partial charge in [0.25, 0.3) is 0 Å². The molecule has 0 spiro atoms. The minimum absolute atomic E-state index is 0.203. The second-order valence-corrected chi connectivity index (χ2v) is 4.28. The number of ether oxygens (including phenoxy) is 1. The number of hydrogen-bond acceptors (Lipinski definition) is 4. The molecule has 0 aliphatic heterocycles. The summed E-state index contributed by atoms with van der Waals surface area (Å²) in [5.41, 5.74) is 0. The molecule has 0 fully saturated rings. The maximum Gasteiger partial charge on any atom is 0.319 e. The van der Waals surface area contributed by atoms with Crippen LogP contribution in [0.25, 0.3) is 0 Å². The fraction of sp³-hybridized carbons (Fsp3) is 0.875. The highest BCUT2D eigenvalue weighted by Gasteiger charge is 2.00. The Bertz CT molecular complexity index is 173. The zero-order valence-corrected chi connectivity index (χ0v) is 8.99. The molecular weight excluding hydrogens is 190 g/mol. The Morgan fingerprint density at radius 1 is 1.46 bits per heavy atom. The van der Waals surface area contributed by atoms with Crippen molar-refractivity contribution < 1.29 is 13.7 Å². The van der Waals surface area contributed by atoms with E-state index in [1.807, 2.05) is 6.92 Å². The quantitative estimate of drug-likeness (QED) is 0.468. The third-order valence-electron chi connectivity index (χ3n) is 1.40. The fourth-order valence-electron chi connectivity index (χ4n) is 0.733. The van der Waals surface area contributed by atoms with Crippen LogP contribution >= 0.6 is 0 Å². The van der Waals surface area contributed by atoms with Crippen molar-refractivity contribution >= 4 is 16.8 Å². The van der Waals surface area contributed by atoms with E-state index in [1.54, 1.807) is 6.92 Å². The molecule has 0 saturated carbocycles. The van der Waals surface area contributed by atoms with E-state index in [-0.39, 0.29) is 12.5 Å². The largest absolute Gasteiger partial charge is 0.465 e. The summed E-state index contributed by atoms with van der Waals surface area (Å²) in [6, 6.07) is 0. The van der Waals surface area contributed by atoms with Crippen molar-refractivity contribution in [3.63, 3.8) is 0 Å². The van der Waals surface area contributed by atoms with E-state index in [4.69, 9.17) is 4.74 Å². The van der Waals surface area contributed by atoms with E-state index >= 15 is 0 Å². The summed E-state index contributed by atoms with van der Waals surface area (Å²) in [6.07, 6.45) is 0. The minimum atomic E-state index is -0.760. The van der Waals surface area contributed by atoms with Gasteiger partial charge in [-0.15, -0.1) is 0 Å². The van der Waals surface area contributed by atoms with Gasteiger partial charge in [-0.1, -0.05) is 6.92 Å². The second-order valence-electron chi connectivity index (χ2n) is 2.41. The van der Waals surface area contributed by atoms with E-state index in [9.17, 15) is 9.00 Å². The Kier molecular flexibility index (Phi) is 7.93. The highest BCUT2D eigenvalue weighted by atomic mass is 32.2. The van der Waals surface area contributed by atoms with Crippen LogP contribution in [-0.2, 0) is 20.3 Å². The van der Waals surface area contributed by atoms with Crippen molar-refractivity contribution in [1.82, 2.24) is 5.32 Å². The van der Waals surface area contributed by atoms with Gasteiger partial charge in [0, 0.05) is 28.9 Å². The summed E-state index contributed by atoms with van der Waals surface area (Å²) in [7, 11) is -0.760. The first-order valence-corrected chi connectivity index (χ1v) is 5.90. The van der Waals surface area contributed by atoms with Crippen LogP contribution in [0.2, 0.25) is 0 Å². The highest BCUT2D eigenvalue weighted by Crippen LogP contribution is 1.79. The summed E-state index contributed by atoms with van der Waals surface area (Å²) >= 11 is 0. The van der Waals surface area contributed by atoms with Crippen LogP contribution in [0.4, 0.5) is 0 Å². The van der Waals surface area contributed by atoms with Gasteiger partial charge >= 0.3 is 5.97 Å². The number of nitrogens with one attached hydrogen (secondary N) is 1.